The number of hydrogen-bond acceptors (Lipinski definition) is 5. The summed E-state index contributed by atoms with van der Waals surface area (Å²) in [5.41, 5.74) is 3.37. The number of benzene rings is 1. The maximum atomic E-state index is 12.8. The van der Waals surface area contributed by atoms with Gasteiger partial charge in [-0.25, -0.2) is 4.98 Å². The van der Waals surface area contributed by atoms with Gasteiger partial charge in [0.25, 0.3) is 5.56 Å². The molecule has 3 aromatic heterocycles. The molecule has 4 aromatic rings. The number of ketones is 1. The number of aromatic nitrogens is 2. The summed E-state index contributed by atoms with van der Waals surface area (Å²) in [5.74, 6) is 0.808. The highest BCUT2D eigenvalue weighted by Crippen LogP contribution is 2.35. The molecular formula is C21H18N2O3S. The molecule has 1 N–H and O–H groups in total. The standard InChI is InChI=1S/C21H18N2O3S/c1-11-4-6-14(7-5-11)18-13(3)27-21-19(18)20(25)22-17(23-21)10-16(24)15-8-9-26-12(15)2/h4-9H,10H2,1-3H3,(H,22,23,25). The van der Waals surface area contributed by atoms with Crippen LogP contribution in [0.3, 0.4) is 0 Å². The molecule has 0 unspecified atom stereocenters. The van der Waals surface area contributed by atoms with Gasteiger partial charge in [-0.15, -0.1) is 11.3 Å². The third-order valence-corrected chi connectivity index (χ3v) is 5.61. The third kappa shape index (κ3) is 3.13. The number of furan rings is 1. The maximum Gasteiger partial charge on any atom is 0.260 e. The van der Waals surface area contributed by atoms with Crippen LogP contribution in [0.25, 0.3) is 21.3 Å². The molecule has 6 heteroatoms. The minimum atomic E-state index is -0.216. The van der Waals surface area contributed by atoms with Crippen molar-refractivity contribution in [1.29, 1.82) is 0 Å². The van der Waals surface area contributed by atoms with Gasteiger partial charge in [-0.1, -0.05) is 29.8 Å². The molecular weight excluding hydrogens is 360 g/mol. The third-order valence-electron chi connectivity index (χ3n) is 4.61. The molecule has 0 aliphatic carbocycles. The van der Waals surface area contributed by atoms with E-state index in [1.165, 1.54) is 23.2 Å². The normalized spacial score (nSPS) is 11.2. The molecule has 3 heterocycles. The first-order valence-electron chi connectivity index (χ1n) is 8.60. The van der Waals surface area contributed by atoms with Gasteiger partial charge in [-0.3, -0.25) is 9.59 Å². The lowest BCUT2D eigenvalue weighted by molar-refractivity contribution is 0.0989. The minimum Gasteiger partial charge on any atom is -0.469 e. The fourth-order valence-corrected chi connectivity index (χ4v) is 4.30. The number of nitrogens with one attached hydrogen (secondary N) is 1. The number of hydrogen-bond donors (Lipinski definition) is 1. The second-order valence-electron chi connectivity index (χ2n) is 6.58. The minimum absolute atomic E-state index is 0.0301. The van der Waals surface area contributed by atoms with Crippen molar-refractivity contribution in [1.82, 2.24) is 9.97 Å². The Bertz CT molecular complexity index is 1210. The van der Waals surface area contributed by atoms with Gasteiger partial charge in [-0.05, 0) is 32.4 Å². The van der Waals surface area contributed by atoms with E-state index in [4.69, 9.17) is 4.42 Å². The summed E-state index contributed by atoms with van der Waals surface area (Å²) in [7, 11) is 0. The first-order valence-corrected chi connectivity index (χ1v) is 9.42. The molecule has 27 heavy (non-hydrogen) atoms. The Morgan fingerprint density at radius 3 is 2.56 bits per heavy atom. The van der Waals surface area contributed by atoms with E-state index in [2.05, 4.69) is 9.97 Å². The molecule has 0 spiro atoms. The number of aryl methyl sites for hydroxylation is 3. The van der Waals surface area contributed by atoms with Crippen LogP contribution in [0.5, 0.6) is 0 Å². The van der Waals surface area contributed by atoms with E-state index in [1.54, 1.807) is 13.0 Å². The summed E-state index contributed by atoms with van der Waals surface area (Å²) < 4.78 is 5.18. The average Bonchev–Trinajstić information content (AvgIpc) is 3.18. The average molecular weight is 378 g/mol. The predicted octanol–water partition coefficient (Wildman–Crippen LogP) is 4.60. The molecule has 0 aliphatic heterocycles. The predicted molar refractivity (Wildman–Crippen MR) is 107 cm³/mol. The molecule has 0 saturated heterocycles. The number of rotatable bonds is 4. The highest BCUT2D eigenvalue weighted by atomic mass is 32.1. The van der Waals surface area contributed by atoms with Crippen molar-refractivity contribution in [2.24, 2.45) is 0 Å². The molecule has 1 aromatic carbocycles. The molecule has 0 amide bonds. The van der Waals surface area contributed by atoms with Gasteiger partial charge in [0.05, 0.1) is 23.6 Å². The summed E-state index contributed by atoms with van der Waals surface area (Å²) in [4.78, 5) is 34.3. The van der Waals surface area contributed by atoms with Crippen LogP contribution in [0, 0.1) is 20.8 Å². The van der Waals surface area contributed by atoms with E-state index in [0.29, 0.717) is 27.4 Å². The van der Waals surface area contributed by atoms with E-state index >= 15 is 0 Å². The van der Waals surface area contributed by atoms with Crippen LogP contribution in [0.1, 0.15) is 32.4 Å². The zero-order valence-electron chi connectivity index (χ0n) is 15.3. The summed E-state index contributed by atoms with van der Waals surface area (Å²) in [6.45, 7) is 5.76. The first kappa shape index (κ1) is 17.4. The number of aromatic amines is 1. The Morgan fingerprint density at radius 2 is 1.89 bits per heavy atom. The van der Waals surface area contributed by atoms with Gasteiger partial charge in [0.15, 0.2) is 5.78 Å². The monoisotopic (exact) mass is 378 g/mol. The Hall–Kier alpha value is -2.99. The lowest BCUT2D eigenvalue weighted by Gasteiger charge is -2.03. The van der Waals surface area contributed by atoms with Crippen molar-refractivity contribution in [3.8, 4) is 11.1 Å². The lowest BCUT2D eigenvalue weighted by Crippen LogP contribution is -2.15. The van der Waals surface area contributed by atoms with Crippen LogP contribution in [-0.4, -0.2) is 15.8 Å². The lowest BCUT2D eigenvalue weighted by atomic mass is 10.0. The Morgan fingerprint density at radius 1 is 1.15 bits per heavy atom. The van der Waals surface area contributed by atoms with Crippen LogP contribution in [-0.2, 0) is 6.42 Å². The van der Waals surface area contributed by atoms with Crippen LogP contribution in [0.2, 0.25) is 0 Å². The van der Waals surface area contributed by atoms with Gasteiger partial charge in [0.1, 0.15) is 16.4 Å². The van der Waals surface area contributed by atoms with Crippen molar-refractivity contribution in [3.63, 3.8) is 0 Å². The molecule has 5 nitrogen and oxygen atoms in total. The fourth-order valence-electron chi connectivity index (χ4n) is 3.24. The maximum absolute atomic E-state index is 12.8. The Balaban J connectivity index is 1.77. The number of carbonyl (C=O) groups is 1. The van der Waals surface area contributed by atoms with Crippen LogP contribution in [0.4, 0.5) is 0 Å². The summed E-state index contributed by atoms with van der Waals surface area (Å²) in [6, 6.07) is 9.73. The van der Waals surface area contributed by atoms with Gasteiger partial charge < -0.3 is 9.40 Å². The SMILES string of the molecule is Cc1ccc(-c2c(C)sc3nc(CC(=O)c4ccoc4C)[nH]c(=O)c23)cc1. The summed E-state index contributed by atoms with van der Waals surface area (Å²) >= 11 is 1.47. The Kier molecular flexibility index (Phi) is 4.28. The van der Waals surface area contributed by atoms with Crippen molar-refractivity contribution in [2.75, 3.05) is 0 Å². The molecule has 0 atom stereocenters. The van der Waals surface area contributed by atoms with Gasteiger partial charge in [0, 0.05) is 10.4 Å². The van der Waals surface area contributed by atoms with Crippen LogP contribution < -0.4 is 5.56 Å². The zero-order chi connectivity index (χ0) is 19.1. The number of fused-ring (bicyclic) bond motifs is 1. The fraction of sp³-hybridized carbons (Fsp3) is 0.190. The van der Waals surface area contributed by atoms with E-state index in [-0.39, 0.29) is 17.8 Å². The number of Topliss-reactive ketones (excluding diaryl/α,β-unsaturated/α-hetero) is 1. The van der Waals surface area contributed by atoms with E-state index in [0.717, 1.165) is 16.0 Å². The van der Waals surface area contributed by atoms with E-state index in [9.17, 15) is 9.59 Å². The molecule has 136 valence electrons. The van der Waals surface area contributed by atoms with Gasteiger partial charge in [-0.2, -0.15) is 0 Å². The van der Waals surface area contributed by atoms with Gasteiger partial charge >= 0.3 is 0 Å². The number of H-pyrrole nitrogens is 1. The quantitative estimate of drug-likeness (QED) is 0.527. The van der Waals surface area contributed by atoms with E-state index < -0.39 is 0 Å². The molecule has 0 saturated carbocycles. The molecule has 0 radical (unpaired) electrons. The summed E-state index contributed by atoms with van der Waals surface area (Å²) in [5, 5.41) is 0.581. The molecule has 0 fully saturated rings. The van der Waals surface area contributed by atoms with Crippen molar-refractivity contribution < 1.29 is 9.21 Å². The first-order chi connectivity index (χ1) is 12.9. The summed E-state index contributed by atoms with van der Waals surface area (Å²) in [6.07, 6.45) is 1.51. The number of thiophene rings is 1. The smallest absolute Gasteiger partial charge is 0.260 e. The molecule has 4 rings (SSSR count). The second-order valence-corrected chi connectivity index (χ2v) is 7.79. The van der Waals surface area contributed by atoms with Crippen LogP contribution in [0.15, 0.2) is 45.8 Å². The van der Waals surface area contributed by atoms with Gasteiger partial charge in [0.2, 0.25) is 0 Å². The topological polar surface area (TPSA) is 76.0 Å². The van der Waals surface area contributed by atoms with Crippen molar-refractivity contribution in [3.05, 3.63) is 74.5 Å². The highest BCUT2D eigenvalue weighted by Gasteiger charge is 2.19. The Labute approximate surface area is 159 Å². The molecule has 0 bridgehead atoms. The largest absolute Gasteiger partial charge is 0.469 e. The zero-order valence-corrected chi connectivity index (χ0v) is 16.1. The van der Waals surface area contributed by atoms with E-state index in [1.807, 2.05) is 38.1 Å². The highest BCUT2D eigenvalue weighted by molar-refractivity contribution is 7.19. The number of nitrogens with zero attached hydrogens (tertiary/aromatic N) is 1. The molecule has 0 aliphatic rings. The second kappa shape index (κ2) is 6.63. The van der Waals surface area contributed by atoms with Crippen LogP contribution >= 0.6 is 11.3 Å². The van der Waals surface area contributed by atoms with Crippen molar-refractivity contribution >= 4 is 27.3 Å². The van der Waals surface area contributed by atoms with Crippen molar-refractivity contribution in [2.45, 2.75) is 27.2 Å². The number of carbonyl (C=O) groups excluding carboxylic acids is 1.